The largest absolute Gasteiger partial charge is 0.493 e. The molecule has 2 aromatic rings. The Morgan fingerprint density at radius 3 is 2.25 bits per heavy atom. The van der Waals surface area contributed by atoms with Crippen LogP contribution < -0.4 is 19.7 Å². The predicted octanol–water partition coefficient (Wildman–Crippen LogP) is 3.73. The predicted molar refractivity (Wildman–Crippen MR) is 115 cm³/mol. The lowest BCUT2D eigenvalue weighted by Gasteiger charge is -2.19. The van der Waals surface area contributed by atoms with Crippen LogP contribution in [0.25, 0.3) is 0 Å². The van der Waals surface area contributed by atoms with Gasteiger partial charge in [-0.25, -0.2) is 0 Å². The molecule has 0 atom stereocenters. The summed E-state index contributed by atoms with van der Waals surface area (Å²) in [6.07, 6.45) is 0. The highest BCUT2D eigenvalue weighted by atomic mass is 16.5. The number of hydrogen-bond acceptors (Lipinski definition) is 5. The Hall–Kier alpha value is -2.73. The number of amides is 1. The minimum Gasteiger partial charge on any atom is -0.493 e. The van der Waals surface area contributed by atoms with Crippen LogP contribution in [0.2, 0.25) is 0 Å². The molecule has 0 saturated carbocycles. The third kappa shape index (κ3) is 5.89. The second kappa shape index (κ2) is 10.6. The Bertz CT molecular complexity index is 756. The average Bonchev–Trinajstić information content (AvgIpc) is 2.71. The summed E-state index contributed by atoms with van der Waals surface area (Å²) in [5.74, 6) is 1.10. The van der Waals surface area contributed by atoms with E-state index in [0.717, 1.165) is 25.3 Å². The number of nitrogens with one attached hydrogen (secondary N) is 1. The molecule has 2 aromatic carbocycles. The summed E-state index contributed by atoms with van der Waals surface area (Å²) in [4.78, 5) is 16.8. The Labute approximate surface area is 168 Å². The van der Waals surface area contributed by atoms with E-state index in [2.05, 4.69) is 24.1 Å². The van der Waals surface area contributed by atoms with E-state index >= 15 is 0 Å². The number of benzene rings is 2. The van der Waals surface area contributed by atoms with Crippen molar-refractivity contribution in [2.75, 3.05) is 57.7 Å². The van der Waals surface area contributed by atoms with Crippen molar-refractivity contribution in [3.8, 4) is 11.5 Å². The van der Waals surface area contributed by atoms with Gasteiger partial charge in [-0.1, -0.05) is 13.8 Å². The third-order valence-corrected chi connectivity index (χ3v) is 4.63. The second-order valence-corrected chi connectivity index (χ2v) is 6.64. The summed E-state index contributed by atoms with van der Waals surface area (Å²) in [7, 11) is 5.54. The molecule has 0 aromatic heterocycles. The van der Waals surface area contributed by atoms with Gasteiger partial charge in [0.05, 0.1) is 7.11 Å². The fraction of sp³-hybridized carbons (Fsp3) is 0.409. The molecule has 0 aliphatic carbocycles. The normalized spacial score (nSPS) is 10.6. The Morgan fingerprint density at radius 1 is 1.00 bits per heavy atom. The molecular weight excluding hydrogens is 354 g/mol. The molecule has 6 heteroatoms. The molecule has 1 amide bonds. The zero-order chi connectivity index (χ0) is 20.5. The van der Waals surface area contributed by atoms with E-state index in [1.54, 1.807) is 19.2 Å². The fourth-order valence-corrected chi connectivity index (χ4v) is 2.81. The zero-order valence-electron chi connectivity index (χ0n) is 17.5. The van der Waals surface area contributed by atoms with Crippen molar-refractivity contribution in [3.63, 3.8) is 0 Å². The molecule has 0 radical (unpaired) electrons. The van der Waals surface area contributed by atoms with Gasteiger partial charge < -0.3 is 24.6 Å². The van der Waals surface area contributed by atoms with Gasteiger partial charge >= 0.3 is 0 Å². The third-order valence-electron chi connectivity index (χ3n) is 4.63. The van der Waals surface area contributed by atoms with Crippen molar-refractivity contribution in [3.05, 3.63) is 48.0 Å². The van der Waals surface area contributed by atoms with Crippen LogP contribution in [0.5, 0.6) is 11.5 Å². The minimum atomic E-state index is -0.162. The Balaban J connectivity index is 2.05. The van der Waals surface area contributed by atoms with Crippen LogP contribution in [0.15, 0.2) is 42.5 Å². The monoisotopic (exact) mass is 385 g/mol. The maximum Gasteiger partial charge on any atom is 0.255 e. The summed E-state index contributed by atoms with van der Waals surface area (Å²) in [6, 6.07) is 12.9. The van der Waals surface area contributed by atoms with Crippen LogP contribution in [0.3, 0.4) is 0 Å². The van der Waals surface area contributed by atoms with Gasteiger partial charge in [0.15, 0.2) is 11.5 Å². The molecule has 0 aliphatic heterocycles. The van der Waals surface area contributed by atoms with Gasteiger partial charge in [-0.2, -0.15) is 0 Å². The number of ether oxygens (including phenoxy) is 2. The van der Waals surface area contributed by atoms with Crippen LogP contribution in [0, 0.1) is 0 Å². The number of likely N-dealkylation sites (N-methyl/N-ethyl adjacent to an activating group) is 1. The van der Waals surface area contributed by atoms with E-state index in [1.165, 1.54) is 0 Å². The number of nitrogens with zero attached hydrogens (tertiary/aromatic N) is 2. The molecule has 0 unspecified atom stereocenters. The van der Waals surface area contributed by atoms with Gasteiger partial charge in [0.2, 0.25) is 0 Å². The molecule has 0 bridgehead atoms. The highest BCUT2D eigenvalue weighted by Gasteiger charge is 2.11. The number of methoxy groups -OCH3 is 1. The summed E-state index contributed by atoms with van der Waals surface area (Å²) >= 11 is 0. The van der Waals surface area contributed by atoms with E-state index < -0.39 is 0 Å². The second-order valence-electron chi connectivity index (χ2n) is 6.64. The van der Waals surface area contributed by atoms with Gasteiger partial charge in [-0.15, -0.1) is 0 Å². The van der Waals surface area contributed by atoms with Crippen molar-refractivity contribution in [2.24, 2.45) is 0 Å². The molecule has 152 valence electrons. The summed E-state index contributed by atoms with van der Waals surface area (Å²) in [5, 5.41) is 2.92. The molecule has 6 nitrogen and oxygen atoms in total. The van der Waals surface area contributed by atoms with Crippen molar-refractivity contribution in [2.45, 2.75) is 13.8 Å². The first-order valence-corrected chi connectivity index (χ1v) is 9.60. The first-order chi connectivity index (χ1) is 13.5. The smallest absolute Gasteiger partial charge is 0.255 e. The van der Waals surface area contributed by atoms with Gasteiger partial charge in [-0.05, 0) is 49.5 Å². The van der Waals surface area contributed by atoms with Crippen molar-refractivity contribution in [1.82, 2.24) is 4.90 Å². The van der Waals surface area contributed by atoms with E-state index in [0.29, 0.717) is 29.4 Å². The molecule has 28 heavy (non-hydrogen) atoms. The summed E-state index contributed by atoms with van der Waals surface area (Å²) in [5.41, 5.74) is 2.32. The van der Waals surface area contributed by atoms with E-state index in [-0.39, 0.29) is 5.91 Å². The number of carbonyl (C=O) groups is 1. The van der Waals surface area contributed by atoms with E-state index in [9.17, 15) is 4.79 Å². The van der Waals surface area contributed by atoms with Crippen molar-refractivity contribution < 1.29 is 14.3 Å². The lowest BCUT2D eigenvalue weighted by atomic mass is 10.2. The molecule has 0 fully saturated rings. The first-order valence-electron chi connectivity index (χ1n) is 9.60. The average molecular weight is 386 g/mol. The minimum absolute atomic E-state index is 0.162. The van der Waals surface area contributed by atoms with Crippen LogP contribution in [-0.4, -0.2) is 58.3 Å². The van der Waals surface area contributed by atoms with Crippen molar-refractivity contribution in [1.29, 1.82) is 0 Å². The highest BCUT2D eigenvalue weighted by Crippen LogP contribution is 2.30. The molecule has 0 spiro atoms. The number of carbonyl (C=O) groups excluding carboxylic acids is 1. The van der Waals surface area contributed by atoms with Crippen LogP contribution in [0.1, 0.15) is 24.2 Å². The number of rotatable bonds is 10. The maximum absolute atomic E-state index is 12.5. The lowest BCUT2D eigenvalue weighted by molar-refractivity contribution is 0.102. The first kappa shape index (κ1) is 21.6. The van der Waals surface area contributed by atoms with Crippen LogP contribution >= 0.6 is 0 Å². The molecule has 0 aliphatic rings. The SMILES string of the molecule is CCN(CC)CCOc1cc(NC(=O)c2ccc(N(C)C)cc2)ccc1OC. The maximum atomic E-state index is 12.5. The van der Waals surface area contributed by atoms with Gasteiger partial charge in [0.1, 0.15) is 6.61 Å². The molecule has 1 N–H and O–H groups in total. The highest BCUT2D eigenvalue weighted by molar-refractivity contribution is 6.04. The Morgan fingerprint density at radius 2 is 1.68 bits per heavy atom. The fourth-order valence-electron chi connectivity index (χ4n) is 2.81. The Kier molecular flexibility index (Phi) is 8.14. The molecular formula is C22H31N3O3. The molecule has 2 rings (SSSR count). The standard InChI is InChI=1S/C22H31N3O3/c1-6-25(7-2)14-15-28-21-16-18(10-13-20(21)27-5)23-22(26)17-8-11-19(12-9-17)24(3)4/h8-13,16H,6-7,14-15H2,1-5H3,(H,23,26). The van der Waals surface area contributed by atoms with E-state index in [1.807, 2.05) is 49.3 Å². The molecule has 0 saturated heterocycles. The van der Waals surface area contributed by atoms with Gasteiger partial charge in [0.25, 0.3) is 5.91 Å². The summed E-state index contributed by atoms with van der Waals surface area (Å²) in [6.45, 7) is 7.63. The summed E-state index contributed by atoms with van der Waals surface area (Å²) < 4.78 is 11.3. The van der Waals surface area contributed by atoms with Crippen LogP contribution in [0.4, 0.5) is 11.4 Å². The topological polar surface area (TPSA) is 54.0 Å². The van der Waals surface area contributed by atoms with Crippen LogP contribution in [-0.2, 0) is 0 Å². The number of hydrogen-bond donors (Lipinski definition) is 1. The molecule has 0 heterocycles. The van der Waals surface area contributed by atoms with Gasteiger partial charge in [-0.3, -0.25) is 4.79 Å². The van der Waals surface area contributed by atoms with Crippen molar-refractivity contribution >= 4 is 17.3 Å². The quantitative estimate of drug-likeness (QED) is 0.675. The zero-order valence-corrected chi connectivity index (χ0v) is 17.5. The number of anilines is 2. The lowest BCUT2D eigenvalue weighted by Crippen LogP contribution is -2.28. The van der Waals surface area contributed by atoms with E-state index in [4.69, 9.17) is 9.47 Å². The van der Waals surface area contributed by atoms with Gasteiger partial charge in [0, 0.05) is 43.6 Å².